The van der Waals surface area contributed by atoms with Gasteiger partial charge in [-0.3, -0.25) is 14.7 Å². The van der Waals surface area contributed by atoms with Gasteiger partial charge in [-0.2, -0.15) is 0 Å². The number of pyridine rings is 1. The van der Waals surface area contributed by atoms with Gasteiger partial charge in [-0.05, 0) is 50.8 Å². The van der Waals surface area contributed by atoms with Crippen LogP contribution in [0.25, 0.3) is 0 Å². The quantitative estimate of drug-likeness (QED) is 0.360. The summed E-state index contributed by atoms with van der Waals surface area (Å²) in [7, 11) is 0. The highest BCUT2D eigenvalue weighted by Gasteiger charge is 2.24. The maximum absolute atomic E-state index is 11.7. The minimum atomic E-state index is 0.0666. The number of hydrogen-bond donors (Lipinski definition) is 2. The fourth-order valence-electron chi connectivity index (χ4n) is 3.93. The van der Waals surface area contributed by atoms with E-state index in [2.05, 4.69) is 52.8 Å². The highest BCUT2D eigenvalue weighted by atomic mass is 16.1. The average Bonchev–Trinajstić information content (AvgIpc) is 3.20. The molecule has 6 nitrogen and oxygen atoms in total. The van der Waals surface area contributed by atoms with E-state index in [1.807, 2.05) is 12.3 Å². The van der Waals surface area contributed by atoms with Gasteiger partial charge in [0.15, 0.2) is 5.96 Å². The van der Waals surface area contributed by atoms with Crippen molar-refractivity contribution in [2.75, 3.05) is 26.2 Å². The molecule has 6 heteroatoms. The molecule has 1 fully saturated rings. The fraction of sp³-hybridized carbons (Fsp3) is 0.500. The molecule has 0 saturated carbocycles. The first kappa shape index (κ1) is 22.1. The van der Waals surface area contributed by atoms with Gasteiger partial charge in [-0.1, -0.05) is 36.4 Å². The summed E-state index contributed by atoms with van der Waals surface area (Å²) in [5.41, 5.74) is 1.44. The van der Waals surface area contributed by atoms with Crippen LogP contribution in [0.4, 0.5) is 0 Å². The van der Waals surface area contributed by atoms with E-state index in [1.54, 1.807) is 16.7 Å². The second-order valence-electron chi connectivity index (χ2n) is 7.84. The zero-order valence-corrected chi connectivity index (χ0v) is 18.1. The molecule has 0 amide bonds. The minimum absolute atomic E-state index is 0.0666. The first-order chi connectivity index (χ1) is 14.8. The number of benzene rings is 1. The number of nitrogens with zero attached hydrogens (tertiary/aromatic N) is 3. The molecule has 2 heterocycles. The Morgan fingerprint density at radius 1 is 1.10 bits per heavy atom. The van der Waals surface area contributed by atoms with Crippen LogP contribution in [0.3, 0.4) is 0 Å². The van der Waals surface area contributed by atoms with E-state index in [-0.39, 0.29) is 5.56 Å². The Balaban J connectivity index is 1.43. The zero-order chi connectivity index (χ0) is 21.0. The molecule has 2 aromatic rings. The van der Waals surface area contributed by atoms with Crippen LogP contribution in [-0.4, -0.2) is 47.6 Å². The number of unbranched alkanes of at least 4 members (excludes halogenated alkanes) is 1. The standard InChI is InChI=1S/C24H35N5O/c1-2-25-24(26-15-7-9-17-28-16-8-6-14-23(28)30)27-19-22-13-10-18-29(22)20-21-11-4-3-5-12-21/h3-6,8,11-12,14,16,22H,2,7,9-10,13,15,17-20H2,1H3,(H2,25,26,27). The first-order valence-electron chi connectivity index (χ1n) is 11.2. The van der Waals surface area contributed by atoms with Crippen molar-refractivity contribution in [3.05, 3.63) is 70.6 Å². The van der Waals surface area contributed by atoms with E-state index < -0.39 is 0 Å². The Morgan fingerprint density at radius 3 is 2.73 bits per heavy atom. The number of nitrogens with one attached hydrogen (secondary N) is 2. The summed E-state index contributed by atoms with van der Waals surface area (Å²) in [6, 6.07) is 16.5. The van der Waals surface area contributed by atoms with Crippen molar-refractivity contribution in [2.45, 2.75) is 51.7 Å². The largest absolute Gasteiger partial charge is 0.357 e. The Hall–Kier alpha value is -2.60. The number of aromatic nitrogens is 1. The summed E-state index contributed by atoms with van der Waals surface area (Å²) in [6.45, 7) is 7.53. The maximum atomic E-state index is 11.7. The first-order valence-corrected chi connectivity index (χ1v) is 11.2. The van der Waals surface area contributed by atoms with Crippen molar-refractivity contribution >= 4 is 5.96 Å². The molecule has 2 N–H and O–H groups in total. The molecule has 0 radical (unpaired) electrons. The van der Waals surface area contributed by atoms with E-state index in [1.165, 1.54) is 18.4 Å². The molecular formula is C24H35N5O. The molecule has 1 saturated heterocycles. The Morgan fingerprint density at radius 2 is 1.93 bits per heavy atom. The predicted octanol–water partition coefficient (Wildman–Crippen LogP) is 2.85. The Bertz CT molecular complexity index is 833. The molecule has 1 aliphatic rings. The van der Waals surface area contributed by atoms with E-state index in [9.17, 15) is 4.79 Å². The average molecular weight is 410 g/mol. The monoisotopic (exact) mass is 409 g/mol. The van der Waals surface area contributed by atoms with Crippen LogP contribution in [0.5, 0.6) is 0 Å². The van der Waals surface area contributed by atoms with Crippen molar-refractivity contribution in [3.63, 3.8) is 0 Å². The molecule has 0 aliphatic carbocycles. The van der Waals surface area contributed by atoms with E-state index in [0.717, 1.165) is 58.1 Å². The number of guanidine groups is 1. The lowest BCUT2D eigenvalue weighted by atomic mass is 10.2. The van der Waals surface area contributed by atoms with Crippen LogP contribution in [0.1, 0.15) is 38.2 Å². The summed E-state index contributed by atoms with van der Waals surface area (Å²) < 4.78 is 1.76. The molecular weight excluding hydrogens is 374 g/mol. The van der Waals surface area contributed by atoms with Crippen molar-refractivity contribution in [1.29, 1.82) is 0 Å². The molecule has 1 atom stereocenters. The highest BCUT2D eigenvalue weighted by molar-refractivity contribution is 5.79. The summed E-state index contributed by atoms with van der Waals surface area (Å²) in [5.74, 6) is 0.890. The second kappa shape index (κ2) is 12.2. The van der Waals surface area contributed by atoms with E-state index in [4.69, 9.17) is 4.99 Å². The molecule has 162 valence electrons. The number of aryl methyl sites for hydroxylation is 1. The predicted molar refractivity (Wildman–Crippen MR) is 124 cm³/mol. The van der Waals surface area contributed by atoms with Crippen LogP contribution in [-0.2, 0) is 13.1 Å². The van der Waals surface area contributed by atoms with Crippen LogP contribution in [0.15, 0.2) is 64.5 Å². The van der Waals surface area contributed by atoms with Gasteiger partial charge in [0.25, 0.3) is 0 Å². The molecule has 1 aliphatic heterocycles. The normalized spacial score (nSPS) is 17.2. The molecule has 1 aromatic heterocycles. The fourth-order valence-corrected chi connectivity index (χ4v) is 3.93. The number of likely N-dealkylation sites (tertiary alicyclic amines) is 1. The SMILES string of the molecule is CCNC(=NCC1CCCN1Cc1ccccc1)NCCCCn1ccccc1=O. The van der Waals surface area contributed by atoms with Gasteiger partial charge in [0, 0.05) is 44.5 Å². The lowest BCUT2D eigenvalue weighted by Crippen LogP contribution is -2.39. The van der Waals surface area contributed by atoms with Crippen LogP contribution >= 0.6 is 0 Å². The lowest BCUT2D eigenvalue weighted by molar-refractivity contribution is 0.250. The maximum Gasteiger partial charge on any atom is 0.250 e. The molecule has 1 unspecified atom stereocenters. The highest BCUT2D eigenvalue weighted by Crippen LogP contribution is 2.20. The molecule has 3 rings (SSSR count). The Kier molecular flexibility index (Phi) is 8.97. The molecule has 1 aromatic carbocycles. The molecule has 0 bridgehead atoms. The summed E-state index contributed by atoms with van der Waals surface area (Å²) >= 11 is 0. The number of hydrogen-bond acceptors (Lipinski definition) is 3. The van der Waals surface area contributed by atoms with Gasteiger partial charge in [0.2, 0.25) is 5.56 Å². The molecule has 0 spiro atoms. The number of rotatable bonds is 10. The van der Waals surface area contributed by atoms with E-state index >= 15 is 0 Å². The third-order valence-electron chi connectivity index (χ3n) is 5.55. The van der Waals surface area contributed by atoms with Gasteiger partial charge in [-0.15, -0.1) is 0 Å². The van der Waals surface area contributed by atoms with Gasteiger partial charge < -0.3 is 15.2 Å². The lowest BCUT2D eigenvalue weighted by Gasteiger charge is -2.23. The van der Waals surface area contributed by atoms with Gasteiger partial charge >= 0.3 is 0 Å². The van der Waals surface area contributed by atoms with Crippen LogP contribution in [0.2, 0.25) is 0 Å². The van der Waals surface area contributed by atoms with Crippen LogP contribution < -0.4 is 16.2 Å². The van der Waals surface area contributed by atoms with Crippen molar-refractivity contribution in [1.82, 2.24) is 20.1 Å². The third-order valence-corrected chi connectivity index (χ3v) is 5.55. The zero-order valence-electron chi connectivity index (χ0n) is 18.1. The van der Waals surface area contributed by atoms with E-state index in [0.29, 0.717) is 6.04 Å². The van der Waals surface area contributed by atoms with Crippen LogP contribution in [0, 0.1) is 0 Å². The van der Waals surface area contributed by atoms with Gasteiger partial charge in [0.05, 0.1) is 6.54 Å². The minimum Gasteiger partial charge on any atom is -0.357 e. The van der Waals surface area contributed by atoms with Crippen molar-refractivity contribution in [2.24, 2.45) is 4.99 Å². The summed E-state index contributed by atoms with van der Waals surface area (Å²) in [5, 5.41) is 6.80. The second-order valence-corrected chi connectivity index (χ2v) is 7.84. The topological polar surface area (TPSA) is 61.7 Å². The number of aliphatic imine (C=N–C) groups is 1. The van der Waals surface area contributed by atoms with Gasteiger partial charge in [0.1, 0.15) is 0 Å². The summed E-state index contributed by atoms with van der Waals surface area (Å²) in [4.78, 5) is 19.2. The third kappa shape index (κ3) is 7.02. The Labute approximate surface area is 180 Å². The van der Waals surface area contributed by atoms with Crippen molar-refractivity contribution in [3.8, 4) is 0 Å². The summed E-state index contributed by atoms with van der Waals surface area (Å²) in [6.07, 6.45) is 6.26. The van der Waals surface area contributed by atoms with Crippen molar-refractivity contribution < 1.29 is 0 Å². The smallest absolute Gasteiger partial charge is 0.250 e. The van der Waals surface area contributed by atoms with Gasteiger partial charge in [-0.25, -0.2) is 0 Å². The molecule has 30 heavy (non-hydrogen) atoms.